The molecule has 0 aromatic heterocycles. The number of halogens is 1. The standard InChI is InChI=1S/C14H14BrNO4/c1-3-14(4-2,13(19)20)16-11(17)9-6-5-8(15)7-10(9)12(16)18/h5-7H,3-4H2,1-2H3,(H,19,20). The molecular weight excluding hydrogens is 326 g/mol. The summed E-state index contributed by atoms with van der Waals surface area (Å²) in [6, 6.07) is 4.75. The number of carbonyl (C=O) groups excluding carboxylic acids is 2. The summed E-state index contributed by atoms with van der Waals surface area (Å²) in [5.74, 6) is -2.24. The lowest BCUT2D eigenvalue weighted by molar-refractivity contribution is -0.149. The van der Waals surface area contributed by atoms with E-state index < -0.39 is 23.3 Å². The summed E-state index contributed by atoms with van der Waals surface area (Å²) < 4.78 is 0.674. The van der Waals surface area contributed by atoms with Crippen molar-refractivity contribution in [3.63, 3.8) is 0 Å². The van der Waals surface area contributed by atoms with Gasteiger partial charge in [0.25, 0.3) is 11.8 Å². The molecule has 1 heterocycles. The summed E-state index contributed by atoms with van der Waals surface area (Å²) >= 11 is 3.25. The predicted molar refractivity (Wildman–Crippen MR) is 75.6 cm³/mol. The molecule has 106 valence electrons. The first-order chi connectivity index (χ1) is 9.39. The molecule has 6 heteroatoms. The summed E-state index contributed by atoms with van der Waals surface area (Å²) in [6.07, 6.45) is 0.344. The molecule has 1 aliphatic heterocycles. The Balaban J connectivity index is 2.59. The first kappa shape index (κ1) is 14.7. The first-order valence-electron chi connectivity index (χ1n) is 6.31. The molecule has 1 aliphatic rings. The van der Waals surface area contributed by atoms with E-state index in [0.717, 1.165) is 4.90 Å². The third kappa shape index (κ3) is 1.86. The van der Waals surface area contributed by atoms with Gasteiger partial charge in [0.2, 0.25) is 0 Å². The summed E-state index contributed by atoms with van der Waals surface area (Å²) in [6.45, 7) is 3.33. The van der Waals surface area contributed by atoms with Crippen LogP contribution in [0.5, 0.6) is 0 Å². The molecular formula is C14H14BrNO4. The average molecular weight is 340 g/mol. The Labute approximate surface area is 124 Å². The zero-order valence-electron chi connectivity index (χ0n) is 11.1. The maximum Gasteiger partial charge on any atom is 0.330 e. The van der Waals surface area contributed by atoms with Crippen LogP contribution in [0.2, 0.25) is 0 Å². The van der Waals surface area contributed by atoms with E-state index in [1.165, 1.54) is 6.07 Å². The van der Waals surface area contributed by atoms with Crippen LogP contribution in [0.15, 0.2) is 22.7 Å². The number of nitrogens with zero attached hydrogens (tertiary/aromatic N) is 1. The number of aliphatic carboxylic acids is 1. The number of fused-ring (bicyclic) bond motifs is 1. The van der Waals surface area contributed by atoms with Crippen LogP contribution in [-0.2, 0) is 4.79 Å². The van der Waals surface area contributed by atoms with Crippen LogP contribution >= 0.6 is 15.9 Å². The van der Waals surface area contributed by atoms with Gasteiger partial charge in [-0.2, -0.15) is 0 Å². The maximum absolute atomic E-state index is 12.4. The minimum absolute atomic E-state index is 0.172. The van der Waals surface area contributed by atoms with Crippen molar-refractivity contribution in [2.24, 2.45) is 0 Å². The number of imide groups is 1. The van der Waals surface area contributed by atoms with Crippen LogP contribution in [0, 0.1) is 0 Å². The second-order valence-electron chi connectivity index (χ2n) is 4.68. The van der Waals surface area contributed by atoms with Gasteiger partial charge in [-0.1, -0.05) is 29.8 Å². The molecule has 0 radical (unpaired) electrons. The molecule has 1 aromatic carbocycles. The highest BCUT2D eigenvalue weighted by molar-refractivity contribution is 9.10. The molecule has 0 saturated heterocycles. The van der Waals surface area contributed by atoms with Gasteiger partial charge in [-0.25, -0.2) is 4.79 Å². The van der Waals surface area contributed by atoms with Crippen LogP contribution in [0.3, 0.4) is 0 Å². The molecule has 0 spiro atoms. The topological polar surface area (TPSA) is 74.7 Å². The van der Waals surface area contributed by atoms with Gasteiger partial charge in [-0.15, -0.1) is 0 Å². The van der Waals surface area contributed by atoms with Crippen molar-refractivity contribution in [1.29, 1.82) is 0 Å². The fraction of sp³-hybridized carbons (Fsp3) is 0.357. The molecule has 2 amide bonds. The molecule has 1 aromatic rings. The summed E-state index contributed by atoms with van der Waals surface area (Å²) in [5.41, 5.74) is -0.984. The Morgan fingerprint density at radius 1 is 1.20 bits per heavy atom. The fourth-order valence-corrected chi connectivity index (χ4v) is 2.93. The van der Waals surface area contributed by atoms with E-state index in [4.69, 9.17) is 0 Å². The van der Waals surface area contributed by atoms with Gasteiger partial charge in [-0.3, -0.25) is 14.5 Å². The van der Waals surface area contributed by atoms with Gasteiger partial charge < -0.3 is 5.11 Å². The van der Waals surface area contributed by atoms with Crippen molar-refractivity contribution in [3.8, 4) is 0 Å². The monoisotopic (exact) mass is 339 g/mol. The fourth-order valence-electron chi connectivity index (χ4n) is 2.57. The normalized spacial score (nSPS) is 14.7. The maximum atomic E-state index is 12.4. The Morgan fingerprint density at radius 3 is 2.25 bits per heavy atom. The number of hydrogen-bond donors (Lipinski definition) is 1. The number of benzene rings is 1. The highest BCUT2D eigenvalue weighted by Crippen LogP contribution is 2.35. The number of amides is 2. The highest BCUT2D eigenvalue weighted by atomic mass is 79.9. The third-order valence-corrected chi connectivity index (χ3v) is 4.34. The van der Waals surface area contributed by atoms with Crippen LogP contribution in [0.25, 0.3) is 0 Å². The van der Waals surface area contributed by atoms with Gasteiger partial charge in [-0.05, 0) is 31.0 Å². The largest absolute Gasteiger partial charge is 0.479 e. The number of rotatable bonds is 4. The molecule has 0 atom stereocenters. The molecule has 0 aliphatic carbocycles. The molecule has 0 saturated carbocycles. The van der Waals surface area contributed by atoms with Gasteiger partial charge in [0.15, 0.2) is 0 Å². The van der Waals surface area contributed by atoms with E-state index in [1.54, 1.807) is 26.0 Å². The molecule has 2 rings (SSSR count). The van der Waals surface area contributed by atoms with E-state index in [1.807, 2.05) is 0 Å². The minimum Gasteiger partial charge on any atom is -0.479 e. The number of carboxylic acid groups (broad SMARTS) is 1. The van der Waals surface area contributed by atoms with Crippen molar-refractivity contribution < 1.29 is 19.5 Å². The minimum atomic E-state index is -1.49. The van der Waals surface area contributed by atoms with E-state index in [9.17, 15) is 19.5 Å². The third-order valence-electron chi connectivity index (χ3n) is 3.84. The van der Waals surface area contributed by atoms with Crippen molar-refractivity contribution in [3.05, 3.63) is 33.8 Å². The van der Waals surface area contributed by atoms with Crippen LogP contribution in [0.1, 0.15) is 47.4 Å². The van der Waals surface area contributed by atoms with Crippen molar-refractivity contribution >= 4 is 33.7 Å². The summed E-state index contributed by atoms with van der Waals surface area (Å²) in [4.78, 5) is 37.4. The van der Waals surface area contributed by atoms with E-state index in [0.29, 0.717) is 4.47 Å². The predicted octanol–water partition coefficient (Wildman–Crippen LogP) is 2.69. The highest BCUT2D eigenvalue weighted by Gasteiger charge is 2.51. The Bertz CT molecular complexity index is 607. The number of carboxylic acids is 1. The van der Waals surface area contributed by atoms with Crippen LogP contribution in [0.4, 0.5) is 0 Å². The second kappa shape index (κ2) is 5.01. The lowest BCUT2D eigenvalue weighted by atomic mass is 9.90. The summed E-state index contributed by atoms with van der Waals surface area (Å²) in [7, 11) is 0. The van der Waals surface area contributed by atoms with Crippen LogP contribution < -0.4 is 0 Å². The van der Waals surface area contributed by atoms with Gasteiger partial charge in [0, 0.05) is 4.47 Å². The molecule has 0 unspecified atom stereocenters. The first-order valence-corrected chi connectivity index (χ1v) is 7.10. The van der Waals surface area contributed by atoms with Crippen molar-refractivity contribution in [2.75, 3.05) is 0 Å². The smallest absolute Gasteiger partial charge is 0.330 e. The molecule has 1 N–H and O–H groups in total. The lowest BCUT2D eigenvalue weighted by Gasteiger charge is -2.35. The van der Waals surface area contributed by atoms with Crippen LogP contribution in [-0.4, -0.2) is 33.3 Å². The van der Waals surface area contributed by atoms with E-state index in [2.05, 4.69) is 15.9 Å². The summed E-state index contributed by atoms with van der Waals surface area (Å²) in [5, 5.41) is 9.50. The Hall–Kier alpha value is -1.69. The molecule has 0 bridgehead atoms. The second-order valence-corrected chi connectivity index (χ2v) is 5.60. The van der Waals surface area contributed by atoms with Crippen molar-refractivity contribution in [1.82, 2.24) is 4.90 Å². The molecule has 0 fully saturated rings. The Morgan fingerprint density at radius 2 is 1.75 bits per heavy atom. The van der Waals surface area contributed by atoms with Gasteiger partial charge >= 0.3 is 5.97 Å². The van der Waals surface area contributed by atoms with Gasteiger partial charge in [0.1, 0.15) is 5.54 Å². The van der Waals surface area contributed by atoms with Crippen molar-refractivity contribution in [2.45, 2.75) is 32.2 Å². The number of carbonyl (C=O) groups is 3. The van der Waals surface area contributed by atoms with E-state index in [-0.39, 0.29) is 24.0 Å². The molecule has 20 heavy (non-hydrogen) atoms. The lowest BCUT2D eigenvalue weighted by Crippen LogP contribution is -2.56. The zero-order valence-corrected chi connectivity index (χ0v) is 12.7. The molecule has 5 nitrogen and oxygen atoms in total. The average Bonchev–Trinajstić information content (AvgIpc) is 2.65. The number of hydrogen-bond acceptors (Lipinski definition) is 3. The quantitative estimate of drug-likeness (QED) is 0.855. The van der Waals surface area contributed by atoms with Gasteiger partial charge in [0.05, 0.1) is 11.1 Å². The van der Waals surface area contributed by atoms with E-state index >= 15 is 0 Å². The SMILES string of the molecule is CCC(CC)(C(=O)O)N1C(=O)c2ccc(Br)cc2C1=O. The zero-order chi connectivity index (χ0) is 15.1. The Kier molecular flexibility index (Phi) is 3.69.